The summed E-state index contributed by atoms with van der Waals surface area (Å²) in [6.45, 7) is 3.57. The first-order valence-corrected chi connectivity index (χ1v) is 7.57. The molecule has 0 aliphatic carbocycles. The van der Waals surface area contributed by atoms with E-state index in [-0.39, 0.29) is 30.1 Å². The lowest BCUT2D eigenvalue weighted by Gasteiger charge is -2.25. The zero-order valence-electron chi connectivity index (χ0n) is 12.5. The van der Waals surface area contributed by atoms with Crippen molar-refractivity contribution in [3.05, 3.63) is 35.4 Å². The van der Waals surface area contributed by atoms with Gasteiger partial charge < -0.3 is 15.5 Å². The number of carbonyl (C=O) groups is 2. The lowest BCUT2D eigenvalue weighted by molar-refractivity contribution is -0.132. The van der Waals surface area contributed by atoms with Gasteiger partial charge in [0, 0.05) is 39.1 Å². The number of fused-ring (bicyclic) bond motifs is 1. The van der Waals surface area contributed by atoms with Crippen molar-refractivity contribution in [1.29, 1.82) is 0 Å². The van der Waals surface area contributed by atoms with Crippen LogP contribution in [0.4, 0.5) is 0 Å². The maximum absolute atomic E-state index is 12.2. The fraction of sp³-hybridized carbons (Fsp3) is 0.500. The van der Waals surface area contributed by atoms with E-state index in [0.717, 1.165) is 26.2 Å². The van der Waals surface area contributed by atoms with Gasteiger partial charge in [-0.2, -0.15) is 0 Å². The molecule has 2 aliphatic heterocycles. The van der Waals surface area contributed by atoms with Crippen molar-refractivity contribution >= 4 is 24.2 Å². The van der Waals surface area contributed by atoms with Gasteiger partial charge in [-0.25, -0.2) is 0 Å². The molecule has 3 rings (SSSR count). The molecule has 0 radical (unpaired) electrons. The summed E-state index contributed by atoms with van der Waals surface area (Å²) in [6, 6.07) is 8.18. The van der Waals surface area contributed by atoms with Crippen LogP contribution in [-0.2, 0) is 22.7 Å². The molecule has 2 heterocycles. The van der Waals surface area contributed by atoms with E-state index in [0.29, 0.717) is 19.4 Å². The Bertz CT molecular complexity index is 521. The van der Waals surface area contributed by atoms with E-state index < -0.39 is 0 Å². The second-order valence-corrected chi connectivity index (χ2v) is 5.77. The van der Waals surface area contributed by atoms with Crippen LogP contribution in [0.1, 0.15) is 24.0 Å². The molecular weight excluding hydrogens is 302 g/mol. The van der Waals surface area contributed by atoms with E-state index in [1.165, 1.54) is 11.1 Å². The smallest absolute Gasteiger partial charge is 0.225 e. The van der Waals surface area contributed by atoms with E-state index in [4.69, 9.17) is 0 Å². The summed E-state index contributed by atoms with van der Waals surface area (Å²) in [5, 5.41) is 5.97. The van der Waals surface area contributed by atoms with Gasteiger partial charge in [0.15, 0.2) is 0 Å². The Morgan fingerprint density at radius 2 is 1.82 bits per heavy atom. The highest BCUT2D eigenvalue weighted by Crippen LogP contribution is 2.22. The van der Waals surface area contributed by atoms with Gasteiger partial charge in [0.05, 0.1) is 5.92 Å². The molecular formula is C16H22ClN3O2. The highest BCUT2D eigenvalue weighted by atomic mass is 35.5. The van der Waals surface area contributed by atoms with Crippen LogP contribution in [0.25, 0.3) is 0 Å². The Kier molecular flexibility index (Phi) is 5.80. The third-order valence-electron chi connectivity index (χ3n) is 4.21. The van der Waals surface area contributed by atoms with Crippen LogP contribution in [0.15, 0.2) is 24.3 Å². The van der Waals surface area contributed by atoms with Crippen molar-refractivity contribution < 1.29 is 9.59 Å². The number of hydrogen-bond acceptors (Lipinski definition) is 3. The minimum absolute atomic E-state index is 0. The molecule has 0 bridgehead atoms. The van der Waals surface area contributed by atoms with Crippen molar-refractivity contribution in [2.24, 2.45) is 5.92 Å². The zero-order chi connectivity index (χ0) is 14.7. The normalized spacial score (nSPS) is 16.5. The number of nitrogens with one attached hydrogen (secondary N) is 2. The summed E-state index contributed by atoms with van der Waals surface area (Å²) in [5.74, 6) is 0.398. The fourth-order valence-corrected chi connectivity index (χ4v) is 2.74. The standard InChI is InChI=1S/C16H21N3O2.ClH/c20-15(6-3-7-18-16(21)14-8-17-9-14)19-10-12-4-1-2-5-13(12)11-19;/h1-2,4-5,14,17H,3,6-11H2,(H,18,21);1H. The number of hydrogen-bond donors (Lipinski definition) is 2. The van der Waals surface area contributed by atoms with Crippen molar-refractivity contribution in [2.45, 2.75) is 25.9 Å². The number of benzene rings is 1. The zero-order valence-corrected chi connectivity index (χ0v) is 13.3. The monoisotopic (exact) mass is 323 g/mol. The summed E-state index contributed by atoms with van der Waals surface area (Å²) in [7, 11) is 0. The molecule has 1 aromatic carbocycles. The van der Waals surface area contributed by atoms with Gasteiger partial charge in [-0.3, -0.25) is 9.59 Å². The van der Waals surface area contributed by atoms with Crippen LogP contribution in [0, 0.1) is 5.92 Å². The quantitative estimate of drug-likeness (QED) is 0.797. The van der Waals surface area contributed by atoms with Gasteiger partial charge in [-0.1, -0.05) is 24.3 Å². The van der Waals surface area contributed by atoms with Gasteiger partial charge in [0.1, 0.15) is 0 Å². The molecule has 0 aromatic heterocycles. The van der Waals surface area contributed by atoms with Gasteiger partial charge in [0.2, 0.25) is 11.8 Å². The molecule has 1 saturated heterocycles. The molecule has 0 unspecified atom stereocenters. The lowest BCUT2D eigenvalue weighted by atomic mass is 10.0. The predicted octanol–water partition coefficient (Wildman–Crippen LogP) is 1.07. The minimum Gasteiger partial charge on any atom is -0.356 e. The summed E-state index contributed by atoms with van der Waals surface area (Å²) < 4.78 is 0. The first-order valence-electron chi connectivity index (χ1n) is 7.57. The molecule has 120 valence electrons. The molecule has 0 spiro atoms. The first kappa shape index (κ1) is 16.8. The van der Waals surface area contributed by atoms with Crippen molar-refractivity contribution in [3.63, 3.8) is 0 Å². The van der Waals surface area contributed by atoms with E-state index in [2.05, 4.69) is 22.8 Å². The van der Waals surface area contributed by atoms with Crippen molar-refractivity contribution in [1.82, 2.24) is 15.5 Å². The maximum atomic E-state index is 12.2. The van der Waals surface area contributed by atoms with Crippen LogP contribution in [0.3, 0.4) is 0 Å². The average Bonchev–Trinajstić information content (AvgIpc) is 2.85. The molecule has 5 nitrogen and oxygen atoms in total. The topological polar surface area (TPSA) is 61.4 Å². The average molecular weight is 324 g/mol. The van der Waals surface area contributed by atoms with Gasteiger partial charge in [-0.15, -0.1) is 12.4 Å². The number of rotatable bonds is 5. The molecule has 0 saturated carbocycles. The van der Waals surface area contributed by atoms with Gasteiger partial charge >= 0.3 is 0 Å². The third kappa shape index (κ3) is 3.78. The predicted molar refractivity (Wildman–Crippen MR) is 86.5 cm³/mol. The number of halogens is 1. The fourth-order valence-electron chi connectivity index (χ4n) is 2.74. The number of amides is 2. The van der Waals surface area contributed by atoms with E-state index in [9.17, 15) is 9.59 Å². The molecule has 1 fully saturated rings. The Hall–Kier alpha value is -1.59. The second-order valence-electron chi connectivity index (χ2n) is 5.77. The van der Waals surface area contributed by atoms with E-state index >= 15 is 0 Å². The number of nitrogens with zero attached hydrogens (tertiary/aromatic N) is 1. The largest absolute Gasteiger partial charge is 0.356 e. The molecule has 2 amide bonds. The highest BCUT2D eigenvalue weighted by Gasteiger charge is 2.25. The molecule has 1 aromatic rings. The summed E-state index contributed by atoms with van der Waals surface area (Å²) >= 11 is 0. The lowest BCUT2D eigenvalue weighted by Crippen LogP contribution is -2.50. The van der Waals surface area contributed by atoms with E-state index in [1.807, 2.05) is 17.0 Å². The van der Waals surface area contributed by atoms with E-state index in [1.54, 1.807) is 0 Å². The molecule has 22 heavy (non-hydrogen) atoms. The van der Waals surface area contributed by atoms with Crippen molar-refractivity contribution in [3.8, 4) is 0 Å². The molecule has 2 aliphatic rings. The molecule has 2 N–H and O–H groups in total. The summed E-state index contributed by atoms with van der Waals surface area (Å²) in [5.41, 5.74) is 2.49. The minimum atomic E-state index is 0. The summed E-state index contributed by atoms with van der Waals surface area (Å²) in [6.07, 6.45) is 1.20. The summed E-state index contributed by atoms with van der Waals surface area (Å²) in [4.78, 5) is 25.7. The van der Waals surface area contributed by atoms with Gasteiger partial charge in [0.25, 0.3) is 0 Å². The Morgan fingerprint density at radius 1 is 1.18 bits per heavy atom. The Morgan fingerprint density at radius 3 is 2.36 bits per heavy atom. The van der Waals surface area contributed by atoms with Crippen molar-refractivity contribution in [2.75, 3.05) is 19.6 Å². The third-order valence-corrected chi connectivity index (χ3v) is 4.21. The Labute approximate surface area is 136 Å². The SMILES string of the molecule is Cl.O=C(NCCCC(=O)N1Cc2ccccc2C1)C1CNC1. The second kappa shape index (κ2) is 7.61. The highest BCUT2D eigenvalue weighted by molar-refractivity contribution is 5.85. The molecule has 0 atom stereocenters. The van der Waals surface area contributed by atoms with Crippen LogP contribution in [0.5, 0.6) is 0 Å². The first-order chi connectivity index (χ1) is 10.2. The van der Waals surface area contributed by atoms with Crippen LogP contribution < -0.4 is 10.6 Å². The van der Waals surface area contributed by atoms with Crippen LogP contribution in [0.2, 0.25) is 0 Å². The Balaban J connectivity index is 0.00000176. The number of carbonyl (C=O) groups excluding carboxylic acids is 2. The van der Waals surface area contributed by atoms with Gasteiger partial charge in [-0.05, 0) is 17.5 Å². The van der Waals surface area contributed by atoms with Crippen LogP contribution in [-0.4, -0.2) is 36.3 Å². The van der Waals surface area contributed by atoms with Crippen LogP contribution >= 0.6 is 12.4 Å². The maximum Gasteiger partial charge on any atom is 0.225 e. The molecule has 6 heteroatoms.